The summed E-state index contributed by atoms with van der Waals surface area (Å²) in [5.74, 6) is 1.71. The Kier molecular flexibility index (Phi) is 3.06. The number of hydrogen-bond donors (Lipinski definition) is 1. The SMILES string of the molecule is Cn1c(C2CCOCC2)nc2ccc(CN)cc21. The molecule has 1 aliphatic rings. The summed E-state index contributed by atoms with van der Waals surface area (Å²) in [6.07, 6.45) is 2.14. The van der Waals surface area contributed by atoms with E-state index in [0.29, 0.717) is 12.5 Å². The lowest BCUT2D eigenvalue weighted by Crippen LogP contribution is -2.17. The predicted octanol–water partition coefficient (Wildman–Crippen LogP) is 1.93. The number of aromatic nitrogens is 2. The average molecular weight is 245 g/mol. The molecule has 0 aliphatic carbocycles. The van der Waals surface area contributed by atoms with Gasteiger partial charge in [-0.2, -0.15) is 0 Å². The van der Waals surface area contributed by atoms with Gasteiger partial charge in [0, 0.05) is 32.7 Å². The number of hydrogen-bond acceptors (Lipinski definition) is 3. The Hall–Kier alpha value is -1.39. The maximum absolute atomic E-state index is 5.69. The number of nitrogens with two attached hydrogens (primary N) is 1. The van der Waals surface area contributed by atoms with Gasteiger partial charge in [0.05, 0.1) is 11.0 Å². The summed E-state index contributed by atoms with van der Waals surface area (Å²) in [7, 11) is 2.10. The van der Waals surface area contributed by atoms with Crippen LogP contribution in [0.3, 0.4) is 0 Å². The first-order chi connectivity index (χ1) is 8.79. The molecule has 1 aromatic heterocycles. The highest BCUT2D eigenvalue weighted by molar-refractivity contribution is 5.77. The van der Waals surface area contributed by atoms with Crippen LogP contribution in [0.5, 0.6) is 0 Å². The number of nitrogens with zero attached hydrogens (tertiary/aromatic N) is 2. The van der Waals surface area contributed by atoms with Gasteiger partial charge in [-0.05, 0) is 30.5 Å². The van der Waals surface area contributed by atoms with Gasteiger partial charge in [-0.25, -0.2) is 4.98 Å². The molecule has 0 amide bonds. The van der Waals surface area contributed by atoms with E-state index >= 15 is 0 Å². The van der Waals surface area contributed by atoms with E-state index in [2.05, 4.69) is 29.8 Å². The van der Waals surface area contributed by atoms with Crippen LogP contribution in [0.1, 0.15) is 30.1 Å². The Bertz CT molecular complexity index is 555. The largest absolute Gasteiger partial charge is 0.381 e. The topological polar surface area (TPSA) is 53.1 Å². The second kappa shape index (κ2) is 4.71. The lowest BCUT2D eigenvalue weighted by atomic mass is 9.99. The Balaban J connectivity index is 2.04. The fourth-order valence-corrected chi connectivity index (χ4v) is 2.70. The van der Waals surface area contributed by atoms with Crippen molar-refractivity contribution in [2.24, 2.45) is 12.8 Å². The molecule has 0 saturated carbocycles. The third kappa shape index (κ3) is 1.91. The number of aryl methyl sites for hydroxylation is 1. The van der Waals surface area contributed by atoms with Gasteiger partial charge in [-0.15, -0.1) is 0 Å². The second-order valence-corrected chi connectivity index (χ2v) is 4.94. The van der Waals surface area contributed by atoms with Crippen molar-refractivity contribution in [3.05, 3.63) is 29.6 Å². The molecule has 0 spiro atoms. The molecule has 0 bridgehead atoms. The molecule has 1 fully saturated rings. The van der Waals surface area contributed by atoms with Crippen molar-refractivity contribution in [1.82, 2.24) is 9.55 Å². The zero-order valence-corrected chi connectivity index (χ0v) is 10.7. The van der Waals surface area contributed by atoms with E-state index in [-0.39, 0.29) is 0 Å². The first kappa shape index (κ1) is 11.7. The molecular weight excluding hydrogens is 226 g/mol. The lowest BCUT2D eigenvalue weighted by molar-refractivity contribution is 0.0831. The van der Waals surface area contributed by atoms with Crippen LogP contribution in [0.25, 0.3) is 11.0 Å². The van der Waals surface area contributed by atoms with Crippen LogP contribution in [0, 0.1) is 0 Å². The maximum Gasteiger partial charge on any atom is 0.112 e. The van der Waals surface area contributed by atoms with Crippen LogP contribution in [-0.2, 0) is 18.3 Å². The molecule has 96 valence electrons. The smallest absolute Gasteiger partial charge is 0.112 e. The van der Waals surface area contributed by atoms with E-state index < -0.39 is 0 Å². The molecule has 3 rings (SSSR count). The number of fused-ring (bicyclic) bond motifs is 1. The highest BCUT2D eigenvalue weighted by Gasteiger charge is 2.21. The predicted molar refractivity (Wildman–Crippen MR) is 71.4 cm³/mol. The summed E-state index contributed by atoms with van der Waals surface area (Å²) < 4.78 is 7.63. The molecule has 4 nitrogen and oxygen atoms in total. The van der Waals surface area contributed by atoms with Gasteiger partial charge >= 0.3 is 0 Å². The molecular formula is C14H19N3O. The van der Waals surface area contributed by atoms with Gasteiger partial charge in [-0.3, -0.25) is 0 Å². The average Bonchev–Trinajstić information content (AvgIpc) is 2.77. The van der Waals surface area contributed by atoms with Gasteiger partial charge in [0.1, 0.15) is 5.82 Å². The number of rotatable bonds is 2. The molecule has 2 N–H and O–H groups in total. The zero-order valence-electron chi connectivity index (χ0n) is 10.7. The quantitative estimate of drug-likeness (QED) is 0.879. The Morgan fingerprint density at radius 2 is 2.17 bits per heavy atom. The molecule has 4 heteroatoms. The molecule has 1 aliphatic heterocycles. The summed E-state index contributed by atoms with van der Waals surface area (Å²) in [6, 6.07) is 6.27. The fraction of sp³-hybridized carbons (Fsp3) is 0.500. The van der Waals surface area contributed by atoms with E-state index in [9.17, 15) is 0 Å². The number of imidazole rings is 1. The van der Waals surface area contributed by atoms with E-state index in [0.717, 1.165) is 37.1 Å². The number of benzene rings is 1. The maximum atomic E-state index is 5.69. The van der Waals surface area contributed by atoms with E-state index in [4.69, 9.17) is 15.5 Å². The monoisotopic (exact) mass is 245 g/mol. The lowest BCUT2D eigenvalue weighted by Gasteiger charge is -2.21. The molecule has 1 aromatic carbocycles. The minimum absolute atomic E-state index is 0.525. The van der Waals surface area contributed by atoms with Crippen molar-refractivity contribution in [3.63, 3.8) is 0 Å². The normalized spacial score (nSPS) is 17.4. The Morgan fingerprint density at radius 3 is 2.89 bits per heavy atom. The van der Waals surface area contributed by atoms with Crippen molar-refractivity contribution >= 4 is 11.0 Å². The van der Waals surface area contributed by atoms with E-state index in [1.807, 2.05) is 0 Å². The van der Waals surface area contributed by atoms with Gasteiger partial charge in [-0.1, -0.05) is 6.07 Å². The highest BCUT2D eigenvalue weighted by atomic mass is 16.5. The van der Waals surface area contributed by atoms with Crippen LogP contribution >= 0.6 is 0 Å². The molecule has 0 radical (unpaired) electrons. The Labute approximate surface area is 107 Å². The Morgan fingerprint density at radius 1 is 1.39 bits per heavy atom. The summed E-state index contributed by atoms with van der Waals surface area (Å²) in [6.45, 7) is 2.28. The minimum Gasteiger partial charge on any atom is -0.381 e. The summed E-state index contributed by atoms with van der Waals surface area (Å²) in [5, 5.41) is 0. The van der Waals surface area contributed by atoms with Crippen molar-refractivity contribution in [2.75, 3.05) is 13.2 Å². The standard InChI is InChI=1S/C14H19N3O/c1-17-13-8-10(9-15)2-3-12(13)16-14(17)11-4-6-18-7-5-11/h2-3,8,11H,4-7,9,15H2,1H3. The number of ether oxygens (including phenoxy) is 1. The third-order valence-corrected chi connectivity index (χ3v) is 3.80. The minimum atomic E-state index is 0.525. The molecule has 2 aromatic rings. The van der Waals surface area contributed by atoms with Crippen LogP contribution in [0.2, 0.25) is 0 Å². The van der Waals surface area contributed by atoms with Crippen molar-refractivity contribution in [2.45, 2.75) is 25.3 Å². The first-order valence-corrected chi connectivity index (χ1v) is 6.52. The summed E-state index contributed by atoms with van der Waals surface area (Å²) in [5.41, 5.74) is 9.10. The van der Waals surface area contributed by atoms with Crippen LogP contribution in [0.4, 0.5) is 0 Å². The summed E-state index contributed by atoms with van der Waals surface area (Å²) in [4.78, 5) is 4.78. The van der Waals surface area contributed by atoms with Crippen molar-refractivity contribution < 1.29 is 4.74 Å². The van der Waals surface area contributed by atoms with E-state index in [1.54, 1.807) is 0 Å². The van der Waals surface area contributed by atoms with Gasteiger partial charge in [0.25, 0.3) is 0 Å². The summed E-state index contributed by atoms with van der Waals surface area (Å²) >= 11 is 0. The highest BCUT2D eigenvalue weighted by Crippen LogP contribution is 2.28. The van der Waals surface area contributed by atoms with Gasteiger partial charge in [0.2, 0.25) is 0 Å². The molecule has 0 unspecified atom stereocenters. The van der Waals surface area contributed by atoms with Crippen molar-refractivity contribution in [1.29, 1.82) is 0 Å². The van der Waals surface area contributed by atoms with Gasteiger partial charge < -0.3 is 15.0 Å². The first-order valence-electron chi connectivity index (χ1n) is 6.52. The fourth-order valence-electron chi connectivity index (χ4n) is 2.70. The third-order valence-electron chi connectivity index (χ3n) is 3.80. The van der Waals surface area contributed by atoms with Crippen molar-refractivity contribution in [3.8, 4) is 0 Å². The van der Waals surface area contributed by atoms with E-state index in [1.165, 1.54) is 11.3 Å². The van der Waals surface area contributed by atoms with Crippen LogP contribution in [0.15, 0.2) is 18.2 Å². The van der Waals surface area contributed by atoms with Crippen LogP contribution in [-0.4, -0.2) is 22.8 Å². The molecule has 18 heavy (non-hydrogen) atoms. The molecule has 0 atom stereocenters. The molecule has 2 heterocycles. The van der Waals surface area contributed by atoms with Crippen LogP contribution < -0.4 is 5.73 Å². The zero-order chi connectivity index (χ0) is 12.5. The van der Waals surface area contributed by atoms with Gasteiger partial charge in [0.15, 0.2) is 0 Å². The second-order valence-electron chi connectivity index (χ2n) is 4.94. The molecule has 1 saturated heterocycles.